The average molecular weight is 413 g/mol. The Morgan fingerprint density at radius 2 is 2.07 bits per heavy atom. The molecule has 1 atom stereocenters. The molecule has 0 bridgehead atoms. The number of nitrogens with one attached hydrogen (secondary N) is 1. The van der Waals surface area contributed by atoms with Gasteiger partial charge < -0.3 is 14.6 Å². The lowest BCUT2D eigenvalue weighted by Gasteiger charge is -2.17. The van der Waals surface area contributed by atoms with Gasteiger partial charge in [0.05, 0.1) is 10.4 Å². The number of rotatable bonds is 4. The van der Waals surface area contributed by atoms with Crippen LogP contribution < -0.4 is 5.32 Å². The van der Waals surface area contributed by atoms with Crippen LogP contribution in [0.1, 0.15) is 54.3 Å². The van der Waals surface area contributed by atoms with Crippen LogP contribution in [0.3, 0.4) is 0 Å². The molecule has 3 aromatic rings. The second-order valence-electron chi connectivity index (χ2n) is 8.15. The first-order valence-corrected chi connectivity index (χ1v) is 10.1. The van der Waals surface area contributed by atoms with Gasteiger partial charge in [0.25, 0.3) is 5.91 Å². The van der Waals surface area contributed by atoms with Crippen LogP contribution in [0.5, 0.6) is 0 Å². The van der Waals surface area contributed by atoms with Crippen LogP contribution in [0.25, 0.3) is 11.1 Å². The fraction of sp³-hybridized carbons (Fsp3) is 0.450. The zero-order valence-corrected chi connectivity index (χ0v) is 17.0. The third-order valence-electron chi connectivity index (χ3n) is 5.61. The third-order valence-corrected chi connectivity index (χ3v) is 5.80. The van der Waals surface area contributed by atoms with Gasteiger partial charge in [-0.25, -0.2) is 15.0 Å². The van der Waals surface area contributed by atoms with E-state index < -0.39 is 0 Å². The van der Waals surface area contributed by atoms with E-state index in [1.165, 1.54) is 0 Å². The Balaban J connectivity index is 1.41. The second-order valence-corrected chi connectivity index (χ2v) is 8.59. The van der Waals surface area contributed by atoms with E-state index in [0.29, 0.717) is 35.5 Å². The number of nitrogens with zero attached hydrogens (tertiary/aromatic N) is 5. The van der Waals surface area contributed by atoms with E-state index in [0.717, 1.165) is 30.4 Å². The minimum absolute atomic E-state index is 0.0252. The minimum Gasteiger partial charge on any atom is -0.443 e. The molecule has 29 heavy (non-hydrogen) atoms. The van der Waals surface area contributed by atoms with Crippen molar-refractivity contribution in [3.05, 3.63) is 40.9 Å². The number of fused-ring (bicyclic) bond motifs is 1. The second kappa shape index (κ2) is 6.66. The van der Waals surface area contributed by atoms with Crippen LogP contribution in [0.15, 0.2) is 22.9 Å². The van der Waals surface area contributed by atoms with Gasteiger partial charge in [0, 0.05) is 36.9 Å². The van der Waals surface area contributed by atoms with Crippen molar-refractivity contribution in [2.45, 2.75) is 44.6 Å². The van der Waals surface area contributed by atoms with Crippen molar-refractivity contribution in [1.29, 1.82) is 0 Å². The molecule has 2 fully saturated rings. The van der Waals surface area contributed by atoms with Crippen molar-refractivity contribution in [2.75, 3.05) is 18.4 Å². The summed E-state index contributed by atoms with van der Waals surface area (Å²) in [4.78, 5) is 32.4. The normalized spacial score (nSPS) is 20.2. The van der Waals surface area contributed by atoms with E-state index in [1.807, 2.05) is 13.0 Å². The third kappa shape index (κ3) is 3.53. The molecule has 1 amide bonds. The van der Waals surface area contributed by atoms with Crippen LogP contribution >= 0.6 is 11.6 Å². The maximum Gasteiger partial charge on any atom is 0.291 e. The monoisotopic (exact) mass is 412 g/mol. The van der Waals surface area contributed by atoms with Gasteiger partial charge in [0.2, 0.25) is 11.5 Å². The fourth-order valence-electron chi connectivity index (χ4n) is 3.66. The number of anilines is 1. The molecule has 4 heterocycles. The molecule has 8 nitrogen and oxygen atoms in total. The first-order valence-electron chi connectivity index (χ1n) is 9.73. The molecule has 1 saturated carbocycles. The highest BCUT2D eigenvalue weighted by molar-refractivity contribution is 6.30. The predicted molar refractivity (Wildman–Crippen MR) is 108 cm³/mol. The van der Waals surface area contributed by atoms with Crippen molar-refractivity contribution in [1.82, 2.24) is 24.8 Å². The predicted octanol–water partition coefficient (Wildman–Crippen LogP) is 3.57. The number of hydrogen-bond donors (Lipinski definition) is 1. The number of carbonyl (C=O) groups excluding carboxylic acids is 1. The summed E-state index contributed by atoms with van der Waals surface area (Å²) in [6.45, 7) is 5.14. The summed E-state index contributed by atoms with van der Waals surface area (Å²) >= 11 is 5.87. The molecule has 0 aromatic carbocycles. The molecule has 1 aliphatic heterocycles. The largest absolute Gasteiger partial charge is 0.443 e. The van der Waals surface area contributed by atoms with Crippen LogP contribution in [-0.4, -0.2) is 49.4 Å². The molecule has 3 aromatic heterocycles. The number of hydrogen-bond acceptors (Lipinski definition) is 7. The van der Waals surface area contributed by atoms with E-state index >= 15 is 0 Å². The van der Waals surface area contributed by atoms with Crippen molar-refractivity contribution in [3.8, 4) is 0 Å². The molecule has 1 unspecified atom stereocenters. The Morgan fingerprint density at radius 1 is 1.31 bits per heavy atom. The molecule has 2 aliphatic rings. The zero-order valence-electron chi connectivity index (χ0n) is 16.3. The van der Waals surface area contributed by atoms with Crippen molar-refractivity contribution >= 4 is 34.4 Å². The molecule has 1 aliphatic carbocycles. The highest BCUT2D eigenvalue weighted by Gasteiger charge is 2.38. The molecule has 150 valence electrons. The van der Waals surface area contributed by atoms with E-state index in [1.54, 1.807) is 17.3 Å². The molecule has 9 heteroatoms. The standard InChI is InChI=1S/C20H21ClN6O2/c1-11-7-14-16(26-20(2)4-5-20)24-17(25-18(14)29-11)19(28)27-6-3-12(10-27)15-22-8-13(21)9-23-15/h7-9,12H,3-6,10H2,1-2H3,(H,24,25,26). The summed E-state index contributed by atoms with van der Waals surface area (Å²) in [5.41, 5.74) is 0.460. The van der Waals surface area contributed by atoms with Gasteiger partial charge in [-0.3, -0.25) is 4.79 Å². The van der Waals surface area contributed by atoms with Gasteiger partial charge in [0.15, 0.2) is 0 Å². The van der Waals surface area contributed by atoms with Crippen LogP contribution in [-0.2, 0) is 0 Å². The summed E-state index contributed by atoms with van der Waals surface area (Å²) in [6, 6.07) is 1.90. The first kappa shape index (κ1) is 18.3. The lowest BCUT2D eigenvalue weighted by Crippen LogP contribution is -2.30. The van der Waals surface area contributed by atoms with E-state index in [9.17, 15) is 4.79 Å². The van der Waals surface area contributed by atoms with Crippen LogP contribution in [0.2, 0.25) is 5.02 Å². The summed E-state index contributed by atoms with van der Waals surface area (Å²) < 4.78 is 5.70. The van der Waals surface area contributed by atoms with Gasteiger partial charge in [-0.05, 0) is 39.2 Å². The van der Waals surface area contributed by atoms with Crippen molar-refractivity contribution in [3.63, 3.8) is 0 Å². The molecular formula is C20H21ClN6O2. The number of carbonyl (C=O) groups is 1. The Bertz CT molecular complexity index is 1090. The topological polar surface area (TPSA) is 97.0 Å². The van der Waals surface area contributed by atoms with Crippen molar-refractivity contribution in [2.24, 2.45) is 0 Å². The molecule has 0 radical (unpaired) electrons. The average Bonchev–Trinajstić information content (AvgIpc) is 3.08. The molecular weight excluding hydrogens is 392 g/mol. The van der Waals surface area contributed by atoms with Gasteiger partial charge in [-0.1, -0.05) is 11.6 Å². The highest BCUT2D eigenvalue weighted by atomic mass is 35.5. The molecule has 1 saturated heterocycles. The number of furan rings is 1. The number of amides is 1. The molecule has 1 N–H and O–H groups in total. The number of aryl methyl sites for hydroxylation is 1. The smallest absolute Gasteiger partial charge is 0.291 e. The lowest BCUT2D eigenvalue weighted by molar-refractivity contribution is 0.0778. The van der Waals surface area contributed by atoms with Crippen molar-refractivity contribution < 1.29 is 9.21 Å². The fourth-order valence-corrected chi connectivity index (χ4v) is 3.76. The van der Waals surface area contributed by atoms with Gasteiger partial charge in [-0.15, -0.1) is 0 Å². The van der Waals surface area contributed by atoms with Crippen LogP contribution in [0, 0.1) is 6.92 Å². The zero-order chi connectivity index (χ0) is 20.2. The Kier molecular flexibility index (Phi) is 4.20. The van der Waals surface area contributed by atoms with Gasteiger partial charge in [0.1, 0.15) is 17.4 Å². The quantitative estimate of drug-likeness (QED) is 0.699. The van der Waals surface area contributed by atoms with Gasteiger partial charge >= 0.3 is 0 Å². The maximum absolute atomic E-state index is 13.1. The lowest BCUT2D eigenvalue weighted by atomic mass is 10.1. The van der Waals surface area contributed by atoms with E-state index in [-0.39, 0.29) is 23.2 Å². The summed E-state index contributed by atoms with van der Waals surface area (Å²) in [6.07, 6.45) is 6.11. The maximum atomic E-state index is 13.1. The SMILES string of the molecule is Cc1cc2c(NC3(C)CC3)nc(C(=O)N3CCC(c4ncc(Cl)cn4)C3)nc2o1. The minimum atomic E-state index is -0.207. The Hall–Kier alpha value is -2.74. The first-order chi connectivity index (χ1) is 13.9. The van der Waals surface area contributed by atoms with Gasteiger partial charge in [-0.2, -0.15) is 4.98 Å². The summed E-state index contributed by atoms with van der Waals surface area (Å²) in [5, 5.41) is 4.77. The van der Waals surface area contributed by atoms with Crippen LogP contribution in [0.4, 0.5) is 5.82 Å². The Morgan fingerprint density at radius 3 is 2.79 bits per heavy atom. The number of halogens is 1. The molecule has 5 rings (SSSR count). The number of aromatic nitrogens is 4. The summed E-state index contributed by atoms with van der Waals surface area (Å²) in [7, 11) is 0. The Labute approximate surface area is 172 Å². The molecule has 0 spiro atoms. The van der Waals surface area contributed by atoms with E-state index in [2.05, 4.69) is 32.2 Å². The summed E-state index contributed by atoms with van der Waals surface area (Å²) in [5.74, 6) is 2.12. The highest BCUT2D eigenvalue weighted by Crippen LogP contribution is 2.39. The number of likely N-dealkylation sites (tertiary alicyclic amines) is 1. The van der Waals surface area contributed by atoms with E-state index in [4.69, 9.17) is 16.0 Å².